The molecule has 0 N–H and O–H groups in total. The van der Waals surface area contributed by atoms with Crippen molar-refractivity contribution in [2.24, 2.45) is 0 Å². The van der Waals surface area contributed by atoms with Crippen LogP contribution in [0.4, 0.5) is 13.2 Å². The molecule has 0 radical (unpaired) electrons. The van der Waals surface area contributed by atoms with Crippen molar-refractivity contribution in [2.75, 3.05) is 6.61 Å². The van der Waals surface area contributed by atoms with Gasteiger partial charge in [0, 0.05) is 13.0 Å². The minimum absolute atomic E-state index is 0.0117. The number of hydrogen-bond donors (Lipinski definition) is 0. The molecule has 0 amide bonds. The van der Waals surface area contributed by atoms with Gasteiger partial charge in [0.25, 0.3) is 0 Å². The highest BCUT2D eigenvalue weighted by Crippen LogP contribution is 2.29. The van der Waals surface area contributed by atoms with Gasteiger partial charge in [-0.1, -0.05) is 6.07 Å². The van der Waals surface area contributed by atoms with Crippen LogP contribution in [0.25, 0.3) is 0 Å². The summed E-state index contributed by atoms with van der Waals surface area (Å²) in [6.07, 6.45) is -4.51. The molecule has 0 saturated carbocycles. The molecule has 0 aliphatic heterocycles. The minimum Gasteiger partial charge on any atom is -0.454 e. The van der Waals surface area contributed by atoms with Gasteiger partial charge in [0.15, 0.2) is 6.61 Å². The summed E-state index contributed by atoms with van der Waals surface area (Å²) in [7, 11) is 0. The third kappa shape index (κ3) is 6.14. The van der Waals surface area contributed by atoms with Crippen LogP contribution < -0.4 is 9.47 Å². The normalized spacial score (nSPS) is 10.8. The number of halogens is 3. The van der Waals surface area contributed by atoms with E-state index in [2.05, 4.69) is 4.74 Å². The predicted octanol–water partition coefficient (Wildman–Crippen LogP) is 3.39. The first kappa shape index (κ1) is 20.0. The molecule has 0 aromatic heterocycles. The molecule has 6 nitrogen and oxygen atoms in total. The van der Waals surface area contributed by atoms with Crippen LogP contribution in [0.5, 0.6) is 11.5 Å². The summed E-state index contributed by atoms with van der Waals surface area (Å²) in [5, 5.41) is 0. The van der Waals surface area contributed by atoms with Gasteiger partial charge in [-0.25, -0.2) is 9.59 Å². The third-order valence-electron chi connectivity index (χ3n) is 3.09. The molecule has 2 aromatic carbocycles. The summed E-state index contributed by atoms with van der Waals surface area (Å²) in [6, 6.07) is 8.99. The zero-order valence-electron chi connectivity index (χ0n) is 13.9. The maximum Gasteiger partial charge on any atom is 0.416 e. The van der Waals surface area contributed by atoms with Gasteiger partial charge in [-0.3, -0.25) is 4.79 Å². The number of esters is 3. The molecule has 2 aromatic rings. The molecule has 0 bridgehead atoms. The molecule has 0 heterocycles. The van der Waals surface area contributed by atoms with Gasteiger partial charge in [0.05, 0.1) is 11.1 Å². The van der Waals surface area contributed by atoms with Crippen molar-refractivity contribution in [3.63, 3.8) is 0 Å². The first-order valence-corrected chi connectivity index (χ1v) is 7.48. The van der Waals surface area contributed by atoms with Crippen molar-refractivity contribution in [1.29, 1.82) is 0 Å². The van der Waals surface area contributed by atoms with Gasteiger partial charge in [0.2, 0.25) is 0 Å². The summed E-state index contributed by atoms with van der Waals surface area (Å²) in [4.78, 5) is 34.1. The molecule has 142 valence electrons. The minimum atomic E-state index is -4.51. The Bertz CT molecular complexity index is 843. The summed E-state index contributed by atoms with van der Waals surface area (Å²) in [5.41, 5.74) is -0.971. The van der Waals surface area contributed by atoms with Crippen molar-refractivity contribution in [3.05, 3.63) is 59.7 Å². The van der Waals surface area contributed by atoms with Crippen LogP contribution in [0.1, 0.15) is 22.8 Å². The van der Waals surface area contributed by atoms with Crippen LogP contribution in [0.3, 0.4) is 0 Å². The summed E-state index contributed by atoms with van der Waals surface area (Å²) < 4.78 is 52.0. The van der Waals surface area contributed by atoms with E-state index in [1.807, 2.05) is 0 Å². The van der Waals surface area contributed by atoms with Crippen LogP contribution in [0, 0.1) is 0 Å². The Balaban J connectivity index is 2.01. The second-order valence-electron chi connectivity index (χ2n) is 5.19. The molecule has 0 fully saturated rings. The zero-order chi connectivity index (χ0) is 20.0. The number of carbonyl (C=O) groups is 3. The molecule has 0 saturated heterocycles. The van der Waals surface area contributed by atoms with Gasteiger partial charge in [-0.15, -0.1) is 0 Å². The van der Waals surface area contributed by atoms with Crippen molar-refractivity contribution in [2.45, 2.75) is 13.1 Å². The summed E-state index contributed by atoms with van der Waals surface area (Å²) >= 11 is 0. The Hall–Kier alpha value is -3.36. The highest BCUT2D eigenvalue weighted by molar-refractivity contribution is 5.91. The topological polar surface area (TPSA) is 78.9 Å². The Labute approximate surface area is 151 Å². The first-order valence-electron chi connectivity index (χ1n) is 7.48. The lowest BCUT2D eigenvalue weighted by molar-refractivity contribution is -0.152. The second-order valence-corrected chi connectivity index (χ2v) is 5.19. The average Bonchev–Trinajstić information content (AvgIpc) is 2.59. The van der Waals surface area contributed by atoms with Crippen molar-refractivity contribution < 1.29 is 41.8 Å². The number of rotatable bonds is 5. The Morgan fingerprint density at radius 1 is 0.926 bits per heavy atom. The van der Waals surface area contributed by atoms with E-state index in [0.717, 1.165) is 31.2 Å². The van der Waals surface area contributed by atoms with Crippen LogP contribution in [0.15, 0.2) is 48.5 Å². The summed E-state index contributed by atoms with van der Waals surface area (Å²) in [6.45, 7) is 0.555. The molecule has 9 heteroatoms. The third-order valence-corrected chi connectivity index (χ3v) is 3.09. The number of benzene rings is 2. The molecule has 0 aliphatic rings. The fourth-order valence-electron chi connectivity index (χ4n) is 1.88. The van der Waals surface area contributed by atoms with E-state index >= 15 is 0 Å². The zero-order valence-corrected chi connectivity index (χ0v) is 13.9. The van der Waals surface area contributed by atoms with E-state index in [4.69, 9.17) is 9.47 Å². The SMILES string of the molecule is CC(=O)OCC(=O)Oc1cccc(OC(=O)c2ccc(C(F)(F)F)cc2)c1. The second kappa shape index (κ2) is 8.35. The lowest BCUT2D eigenvalue weighted by Crippen LogP contribution is -2.17. The Morgan fingerprint density at radius 2 is 1.52 bits per heavy atom. The fraction of sp³-hybridized carbons (Fsp3) is 0.167. The van der Waals surface area contributed by atoms with E-state index < -0.39 is 36.3 Å². The molecule has 0 unspecified atom stereocenters. The Morgan fingerprint density at radius 3 is 2.07 bits per heavy atom. The monoisotopic (exact) mass is 382 g/mol. The number of ether oxygens (including phenoxy) is 3. The highest BCUT2D eigenvalue weighted by atomic mass is 19.4. The summed E-state index contributed by atoms with van der Waals surface area (Å²) in [5.74, 6) is -2.32. The molecular weight excluding hydrogens is 369 g/mol. The molecular formula is C18H13F3O6. The fourth-order valence-corrected chi connectivity index (χ4v) is 1.88. The number of hydrogen-bond acceptors (Lipinski definition) is 6. The number of alkyl halides is 3. The van der Waals surface area contributed by atoms with Crippen LogP contribution in [-0.2, 0) is 20.5 Å². The van der Waals surface area contributed by atoms with Crippen molar-refractivity contribution in [1.82, 2.24) is 0 Å². The predicted molar refractivity (Wildman–Crippen MR) is 85.1 cm³/mol. The Kier molecular flexibility index (Phi) is 6.17. The van der Waals surface area contributed by atoms with Gasteiger partial charge in [-0.05, 0) is 36.4 Å². The highest BCUT2D eigenvalue weighted by Gasteiger charge is 2.30. The quantitative estimate of drug-likeness (QED) is 0.583. The molecule has 27 heavy (non-hydrogen) atoms. The van der Waals surface area contributed by atoms with E-state index in [0.29, 0.717) is 0 Å². The molecule has 0 aliphatic carbocycles. The molecule has 0 spiro atoms. The van der Waals surface area contributed by atoms with Crippen LogP contribution in [-0.4, -0.2) is 24.5 Å². The van der Waals surface area contributed by atoms with E-state index in [9.17, 15) is 27.6 Å². The van der Waals surface area contributed by atoms with E-state index in [1.165, 1.54) is 24.3 Å². The van der Waals surface area contributed by atoms with Crippen molar-refractivity contribution in [3.8, 4) is 11.5 Å². The lowest BCUT2D eigenvalue weighted by atomic mass is 10.1. The largest absolute Gasteiger partial charge is 0.454 e. The van der Waals surface area contributed by atoms with Gasteiger partial charge in [-0.2, -0.15) is 13.2 Å². The van der Waals surface area contributed by atoms with Gasteiger partial charge >= 0.3 is 24.1 Å². The maximum absolute atomic E-state index is 12.5. The van der Waals surface area contributed by atoms with Gasteiger partial charge < -0.3 is 14.2 Å². The molecule has 2 rings (SSSR count). The van der Waals surface area contributed by atoms with Crippen molar-refractivity contribution >= 4 is 17.9 Å². The number of carbonyl (C=O) groups excluding carboxylic acids is 3. The van der Waals surface area contributed by atoms with Gasteiger partial charge in [0.1, 0.15) is 11.5 Å². The van der Waals surface area contributed by atoms with E-state index in [1.54, 1.807) is 0 Å². The average molecular weight is 382 g/mol. The molecule has 0 atom stereocenters. The first-order chi connectivity index (χ1) is 12.6. The standard InChI is InChI=1S/C18H13F3O6/c1-11(22)25-10-16(23)26-14-3-2-4-15(9-14)27-17(24)12-5-7-13(8-6-12)18(19,20)21/h2-9H,10H2,1H3. The lowest BCUT2D eigenvalue weighted by Gasteiger charge is -2.09. The van der Waals surface area contributed by atoms with Crippen LogP contribution in [0.2, 0.25) is 0 Å². The smallest absolute Gasteiger partial charge is 0.416 e. The van der Waals surface area contributed by atoms with Crippen LogP contribution >= 0.6 is 0 Å². The van der Waals surface area contributed by atoms with E-state index in [-0.39, 0.29) is 17.1 Å². The maximum atomic E-state index is 12.5.